The quantitative estimate of drug-likeness (QED) is 0.796. The van der Waals surface area contributed by atoms with Crippen LogP contribution in [-0.4, -0.2) is 28.4 Å². The number of aliphatic hydroxyl groups excluding tert-OH is 1. The largest absolute Gasteiger partial charge is 0.396 e. The van der Waals surface area contributed by atoms with E-state index in [1.165, 1.54) is 0 Å². The summed E-state index contributed by atoms with van der Waals surface area (Å²) >= 11 is 0. The van der Waals surface area contributed by atoms with Gasteiger partial charge in [-0.2, -0.15) is 4.98 Å². The molecule has 0 spiro atoms. The summed E-state index contributed by atoms with van der Waals surface area (Å²) in [6.07, 6.45) is 1.18. The molecule has 0 amide bonds. The molecular weight excluding hydrogens is 218 g/mol. The van der Waals surface area contributed by atoms with Crippen LogP contribution in [0.3, 0.4) is 0 Å². The van der Waals surface area contributed by atoms with E-state index >= 15 is 0 Å². The van der Waals surface area contributed by atoms with Crippen LogP contribution in [0.2, 0.25) is 0 Å². The fourth-order valence-electron chi connectivity index (χ4n) is 1.67. The first-order valence-corrected chi connectivity index (χ1v) is 5.57. The minimum Gasteiger partial charge on any atom is -0.396 e. The molecule has 0 atom stereocenters. The molecule has 0 aliphatic heterocycles. The Morgan fingerprint density at radius 2 is 2.06 bits per heavy atom. The first-order chi connectivity index (χ1) is 8.35. The van der Waals surface area contributed by atoms with E-state index in [1.807, 2.05) is 24.3 Å². The maximum absolute atomic E-state index is 8.80. The Bertz CT molecular complexity index is 482. The summed E-state index contributed by atoms with van der Waals surface area (Å²) in [6.45, 7) is 0.595. The Labute approximate surface area is 99.3 Å². The van der Waals surface area contributed by atoms with Crippen LogP contribution < -0.4 is 5.73 Å². The highest BCUT2D eigenvalue weighted by Gasteiger charge is 2.11. The summed E-state index contributed by atoms with van der Waals surface area (Å²) in [4.78, 5) is 4.23. The molecule has 1 aromatic carbocycles. The normalized spacial score (nSPS) is 10.7. The monoisotopic (exact) mass is 233 g/mol. The lowest BCUT2D eigenvalue weighted by molar-refractivity contribution is 0.293. The fourth-order valence-corrected chi connectivity index (χ4v) is 1.67. The number of rotatable bonds is 5. The lowest BCUT2D eigenvalue weighted by Crippen LogP contribution is -2.03. The van der Waals surface area contributed by atoms with E-state index < -0.39 is 0 Å². The van der Waals surface area contributed by atoms with Crippen molar-refractivity contribution in [3.05, 3.63) is 35.7 Å². The molecule has 1 heterocycles. The van der Waals surface area contributed by atoms with E-state index in [4.69, 9.17) is 15.4 Å². The van der Waals surface area contributed by atoms with Crippen LogP contribution >= 0.6 is 0 Å². The van der Waals surface area contributed by atoms with E-state index in [1.54, 1.807) is 0 Å². The summed E-state index contributed by atoms with van der Waals surface area (Å²) in [7, 11) is 0. The van der Waals surface area contributed by atoms with Crippen LogP contribution in [0.1, 0.15) is 11.4 Å². The number of hydrogen-bond donors (Lipinski definition) is 2. The van der Waals surface area contributed by atoms with Gasteiger partial charge in [-0.25, -0.2) is 0 Å². The zero-order chi connectivity index (χ0) is 12.1. The van der Waals surface area contributed by atoms with Crippen molar-refractivity contribution < 1.29 is 9.63 Å². The van der Waals surface area contributed by atoms with Gasteiger partial charge < -0.3 is 15.4 Å². The molecule has 1 aromatic heterocycles. The highest BCUT2D eigenvalue weighted by atomic mass is 16.5. The van der Waals surface area contributed by atoms with Crippen molar-refractivity contribution in [3.8, 4) is 11.5 Å². The van der Waals surface area contributed by atoms with Crippen molar-refractivity contribution in [2.45, 2.75) is 12.8 Å². The zero-order valence-electron chi connectivity index (χ0n) is 9.47. The Morgan fingerprint density at radius 3 is 2.82 bits per heavy atom. The minimum absolute atomic E-state index is 0.0173. The molecule has 0 fully saturated rings. The number of nitrogens with two attached hydrogens (primary N) is 1. The standard InChI is InChI=1S/C12H15N3O2/c13-7-5-9-3-1-2-4-10(9)12-14-11(6-8-16)15-17-12/h1-4,16H,5-8,13H2. The molecule has 90 valence electrons. The Balaban J connectivity index is 2.31. The van der Waals surface area contributed by atoms with Gasteiger partial charge in [0.15, 0.2) is 5.82 Å². The summed E-state index contributed by atoms with van der Waals surface area (Å²) in [5, 5.41) is 12.6. The molecule has 0 aliphatic rings. The third-order valence-corrected chi connectivity index (χ3v) is 2.46. The molecular formula is C12H15N3O2. The second-order valence-corrected chi connectivity index (χ2v) is 3.69. The summed E-state index contributed by atoms with van der Waals surface area (Å²) in [5.41, 5.74) is 7.56. The molecule has 0 bridgehead atoms. The maximum atomic E-state index is 8.80. The van der Waals surface area contributed by atoms with Crippen molar-refractivity contribution in [3.63, 3.8) is 0 Å². The van der Waals surface area contributed by atoms with Gasteiger partial charge in [0, 0.05) is 12.0 Å². The maximum Gasteiger partial charge on any atom is 0.258 e. The number of hydrogen-bond acceptors (Lipinski definition) is 5. The SMILES string of the molecule is NCCc1ccccc1-c1nc(CCO)no1. The first-order valence-electron chi connectivity index (χ1n) is 5.57. The molecule has 0 saturated carbocycles. The Kier molecular flexibility index (Phi) is 3.85. The van der Waals surface area contributed by atoms with Gasteiger partial charge in [0.05, 0.1) is 6.61 Å². The molecule has 0 unspecified atom stereocenters. The Hall–Kier alpha value is -1.72. The first kappa shape index (κ1) is 11.8. The van der Waals surface area contributed by atoms with Gasteiger partial charge in [0.1, 0.15) is 0 Å². The third kappa shape index (κ3) is 2.69. The minimum atomic E-state index is 0.0173. The van der Waals surface area contributed by atoms with Crippen molar-refractivity contribution in [1.82, 2.24) is 10.1 Å². The van der Waals surface area contributed by atoms with E-state index in [2.05, 4.69) is 10.1 Å². The van der Waals surface area contributed by atoms with Gasteiger partial charge in [-0.1, -0.05) is 23.4 Å². The average Bonchev–Trinajstić information content (AvgIpc) is 2.79. The number of aliphatic hydroxyl groups is 1. The lowest BCUT2D eigenvalue weighted by Gasteiger charge is -2.03. The molecule has 3 N–H and O–H groups in total. The smallest absolute Gasteiger partial charge is 0.258 e. The van der Waals surface area contributed by atoms with Crippen LogP contribution in [0, 0.1) is 0 Å². The summed E-state index contributed by atoms with van der Waals surface area (Å²) < 4.78 is 5.18. The van der Waals surface area contributed by atoms with E-state index in [0.29, 0.717) is 24.7 Å². The molecule has 0 saturated heterocycles. The topological polar surface area (TPSA) is 85.2 Å². The van der Waals surface area contributed by atoms with Crippen LogP contribution in [-0.2, 0) is 12.8 Å². The lowest BCUT2D eigenvalue weighted by atomic mass is 10.0. The van der Waals surface area contributed by atoms with Gasteiger partial charge in [-0.3, -0.25) is 0 Å². The molecule has 0 radical (unpaired) electrons. The number of nitrogens with zero attached hydrogens (tertiary/aromatic N) is 2. The van der Waals surface area contributed by atoms with Crippen molar-refractivity contribution in [2.75, 3.05) is 13.2 Å². The molecule has 5 heteroatoms. The summed E-state index contributed by atoms with van der Waals surface area (Å²) in [6, 6.07) is 7.81. The highest BCUT2D eigenvalue weighted by molar-refractivity contribution is 5.58. The second-order valence-electron chi connectivity index (χ2n) is 3.69. The Morgan fingerprint density at radius 1 is 1.24 bits per heavy atom. The van der Waals surface area contributed by atoms with E-state index in [0.717, 1.165) is 17.5 Å². The molecule has 2 aromatic rings. The van der Waals surface area contributed by atoms with Gasteiger partial charge in [-0.05, 0) is 24.6 Å². The highest BCUT2D eigenvalue weighted by Crippen LogP contribution is 2.22. The fraction of sp³-hybridized carbons (Fsp3) is 0.333. The van der Waals surface area contributed by atoms with E-state index in [-0.39, 0.29) is 6.61 Å². The van der Waals surface area contributed by atoms with Crippen LogP contribution in [0.5, 0.6) is 0 Å². The van der Waals surface area contributed by atoms with E-state index in [9.17, 15) is 0 Å². The van der Waals surface area contributed by atoms with Crippen LogP contribution in [0.15, 0.2) is 28.8 Å². The van der Waals surface area contributed by atoms with Crippen molar-refractivity contribution in [1.29, 1.82) is 0 Å². The third-order valence-electron chi connectivity index (χ3n) is 2.46. The predicted octanol–water partition coefficient (Wildman–Crippen LogP) is 0.773. The second kappa shape index (κ2) is 5.56. The predicted molar refractivity (Wildman–Crippen MR) is 63.3 cm³/mol. The van der Waals surface area contributed by atoms with Gasteiger partial charge >= 0.3 is 0 Å². The van der Waals surface area contributed by atoms with Crippen LogP contribution in [0.4, 0.5) is 0 Å². The number of aromatic nitrogens is 2. The molecule has 2 rings (SSSR count). The zero-order valence-corrected chi connectivity index (χ0v) is 9.47. The van der Waals surface area contributed by atoms with Crippen molar-refractivity contribution >= 4 is 0 Å². The molecule has 0 aliphatic carbocycles. The van der Waals surface area contributed by atoms with Gasteiger partial charge in [0.2, 0.25) is 0 Å². The average molecular weight is 233 g/mol. The van der Waals surface area contributed by atoms with Crippen molar-refractivity contribution in [2.24, 2.45) is 5.73 Å². The molecule has 5 nitrogen and oxygen atoms in total. The van der Waals surface area contributed by atoms with Gasteiger partial charge in [0.25, 0.3) is 5.89 Å². The van der Waals surface area contributed by atoms with Crippen LogP contribution in [0.25, 0.3) is 11.5 Å². The van der Waals surface area contributed by atoms with Gasteiger partial charge in [-0.15, -0.1) is 0 Å². The summed E-state index contributed by atoms with van der Waals surface area (Å²) in [5.74, 6) is 1.00. The number of benzene rings is 1. The molecule has 17 heavy (non-hydrogen) atoms.